The zero-order chi connectivity index (χ0) is 48.8. The summed E-state index contributed by atoms with van der Waals surface area (Å²) in [5.74, 6) is 1.98. The highest BCUT2D eigenvalue weighted by atomic mass is 16.5. The molecule has 0 saturated carbocycles. The van der Waals surface area contributed by atoms with Crippen LogP contribution in [0.1, 0.15) is 45.6 Å². The summed E-state index contributed by atoms with van der Waals surface area (Å²) in [6, 6.07) is 27.6. The number of nitriles is 1. The molecule has 4 heterocycles. The first-order valence-electron chi connectivity index (χ1n) is 23.8. The molecule has 6 aromatic carbocycles. The zero-order valence-corrected chi connectivity index (χ0v) is 32.1. The van der Waals surface area contributed by atoms with Crippen LogP contribution < -0.4 is 9.30 Å². The van der Waals surface area contributed by atoms with Crippen LogP contribution in [0.25, 0.3) is 72.4 Å². The number of hydrogen-bond acceptors (Lipinski definition) is 4. The number of aromatic nitrogens is 5. The minimum absolute atomic E-state index is 0.127. The van der Waals surface area contributed by atoms with Crippen molar-refractivity contribution < 1.29 is 23.0 Å². The van der Waals surface area contributed by atoms with Gasteiger partial charge in [-0.2, -0.15) is 5.26 Å². The third-order valence-electron chi connectivity index (χ3n) is 10.3. The Bertz CT molecular complexity index is 3710. The number of nitrogens with zero attached hydrogens (tertiary/aromatic N) is 6. The predicted octanol–water partition coefficient (Wildman–Crippen LogP) is 11.9. The number of fused-ring (bicyclic) bond motifs is 4. The van der Waals surface area contributed by atoms with Crippen LogP contribution >= 0.6 is 0 Å². The molecule has 0 aliphatic carbocycles. The molecule has 0 amide bonds. The lowest BCUT2D eigenvalue weighted by molar-refractivity contribution is -0.571. The van der Waals surface area contributed by atoms with Gasteiger partial charge in [-0.15, -0.1) is 0 Å². The van der Waals surface area contributed by atoms with Crippen LogP contribution in [0.2, 0.25) is 0 Å². The van der Waals surface area contributed by atoms with Gasteiger partial charge in [0.2, 0.25) is 0 Å². The van der Waals surface area contributed by atoms with E-state index in [9.17, 15) is 5.26 Å². The average Bonchev–Trinajstić information content (AvgIpc) is 3.89. The van der Waals surface area contributed by atoms with E-state index in [1.54, 1.807) is 70.1 Å². The van der Waals surface area contributed by atoms with Crippen LogP contribution in [0.3, 0.4) is 0 Å². The normalized spacial score (nSPS) is 14.0. The van der Waals surface area contributed by atoms with E-state index in [4.69, 9.17) is 28.4 Å². The number of pyridine rings is 2. The Labute approximate surface area is 356 Å². The molecule has 282 valence electrons. The SMILES string of the molecule is [2H]c1c([2H])c([2H])c(-c2cccc(-c3c([2H])c([2H])c([2H])c([2H])c3[2H])c2-[n+]2[c-]n(-c3cc(Oc4ccc5c6cc(C#N)ccc6n(-c6cc(C(C)(C)C)ccn6)c5c4)ccn3)c3ccccc32)c([2H])c1[2H]. The summed E-state index contributed by atoms with van der Waals surface area (Å²) in [7, 11) is 0. The Kier molecular flexibility index (Phi) is 6.33. The van der Waals surface area contributed by atoms with Crippen molar-refractivity contribution in [1.82, 2.24) is 19.1 Å². The van der Waals surface area contributed by atoms with Gasteiger partial charge in [-0.05, 0) is 81.8 Å². The first-order chi connectivity index (χ1) is 33.0. The first-order valence-corrected chi connectivity index (χ1v) is 18.8. The van der Waals surface area contributed by atoms with Gasteiger partial charge < -0.3 is 4.74 Å². The van der Waals surface area contributed by atoms with Gasteiger partial charge in [-0.1, -0.05) is 124 Å². The van der Waals surface area contributed by atoms with Crippen LogP contribution in [0.15, 0.2) is 176 Å². The second-order valence-electron chi connectivity index (χ2n) is 14.9. The lowest BCUT2D eigenvalue weighted by Crippen LogP contribution is -2.31. The van der Waals surface area contributed by atoms with Gasteiger partial charge in [-0.3, -0.25) is 18.7 Å². The van der Waals surface area contributed by atoms with Crippen molar-refractivity contribution in [3.05, 3.63) is 193 Å². The molecule has 7 heteroatoms. The van der Waals surface area contributed by atoms with Gasteiger partial charge in [-0.25, -0.2) is 4.98 Å². The van der Waals surface area contributed by atoms with Crippen molar-refractivity contribution in [1.29, 1.82) is 5.26 Å². The van der Waals surface area contributed by atoms with E-state index >= 15 is 0 Å². The Morgan fingerprint density at radius 1 is 0.661 bits per heavy atom. The molecule has 0 atom stereocenters. The number of rotatable bonds is 7. The molecule has 0 bridgehead atoms. The number of para-hydroxylation sites is 3. The molecule has 0 saturated heterocycles. The van der Waals surface area contributed by atoms with E-state index in [-0.39, 0.29) is 33.4 Å². The molecule has 10 rings (SSSR count). The Morgan fingerprint density at radius 2 is 1.36 bits per heavy atom. The van der Waals surface area contributed by atoms with Crippen molar-refractivity contribution in [2.24, 2.45) is 0 Å². The highest BCUT2D eigenvalue weighted by Gasteiger charge is 2.21. The van der Waals surface area contributed by atoms with Crippen molar-refractivity contribution >= 4 is 32.8 Å². The molecular weight excluding hydrogens is 725 g/mol. The number of imidazole rings is 1. The molecule has 4 aromatic heterocycles. The highest BCUT2D eigenvalue weighted by molar-refractivity contribution is 6.10. The maximum atomic E-state index is 9.80. The Morgan fingerprint density at radius 3 is 2.08 bits per heavy atom. The third kappa shape index (κ3) is 6.37. The van der Waals surface area contributed by atoms with Gasteiger partial charge in [0, 0.05) is 35.3 Å². The first kappa shape index (κ1) is 26.2. The van der Waals surface area contributed by atoms with Gasteiger partial charge >= 0.3 is 0 Å². The number of hydrogen-bond donors (Lipinski definition) is 0. The van der Waals surface area contributed by atoms with E-state index in [0.717, 1.165) is 27.4 Å². The molecule has 59 heavy (non-hydrogen) atoms. The smallest absolute Gasteiger partial charge is 0.271 e. The summed E-state index contributed by atoms with van der Waals surface area (Å²) < 4.78 is 98.6. The molecular formula is C52H38N6O. The standard InChI is InChI=1S/C52H38N6O/c1-52(2,3)38-25-27-55-50(30-38)58-45-24-21-35(33-53)29-44(45)43-23-22-39(31-48(43)58)59-40-26-28-54-49(32-40)56-34-57(47-20-11-10-19-46(47)56)51-41(36-13-6-4-7-14-36)17-12-18-42(51)37-15-8-5-9-16-37/h4-32H,1-3H3/i4D,5D,6D,7D,8D,9D,13D,14D,15D,16D. The van der Waals surface area contributed by atoms with Crippen LogP contribution in [-0.2, 0) is 5.41 Å². The summed E-state index contributed by atoms with van der Waals surface area (Å²) in [5, 5.41) is 11.6. The lowest BCUT2D eigenvalue weighted by Gasteiger charge is -2.20. The van der Waals surface area contributed by atoms with Crippen LogP contribution in [0.4, 0.5) is 0 Å². The lowest BCUT2D eigenvalue weighted by atomic mass is 9.88. The maximum Gasteiger partial charge on any atom is 0.271 e. The summed E-state index contributed by atoms with van der Waals surface area (Å²) in [4.78, 5) is 9.49. The van der Waals surface area contributed by atoms with Gasteiger partial charge in [0.1, 0.15) is 17.3 Å². The van der Waals surface area contributed by atoms with Gasteiger partial charge in [0.05, 0.1) is 53.1 Å². The van der Waals surface area contributed by atoms with Gasteiger partial charge in [0.25, 0.3) is 6.33 Å². The minimum atomic E-state index is -0.583. The molecule has 0 N–H and O–H groups in total. The molecule has 0 aliphatic heterocycles. The fourth-order valence-corrected chi connectivity index (χ4v) is 7.46. The van der Waals surface area contributed by atoms with E-state index in [2.05, 4.69) is 43.8 Å². The predicted molar refractivity (Wildman–Crippen MR) is 234 cm³/mol. The minimum Gasteiger partial charge on any atom is -0.458 e. The van der Waals surface area contributed by atoms with Crippen molar-refractivity contribution in [2.45, 2.75) is 26.2 Å². The highest BCUT2D eigenvalue weighted by Crippen LogP contribution is 2.38. The van der Waals surface area contributed by atoms with Crippen LogP contribution in [0, 0.1) is 17.7 Å². The van der Waals surface area contributed by atoms with E-state index in [1.807, 2.05) is 48.5 Å². The molecule has 0 unspecified atom stereocenters. The quantitative estimate of drug-likeness (QED) is 0.119. The summed E-state index contributed by atoms with van der Waals surface area (Å²) >= 11 is 0. The fraction of sp³-hybridized carbons (Fsp3) is 0.0769. The monoisotopic (exact) mass is 772 g/mol. The molecule has 10 aromatic rings. The zero-order valence-electron chi connectivity index (χ0n) is 42.1. The van der Waals surface area contributed by atoms with Gasteiger partial charge in [0.15, 0.2) is 5.82 Å². The largest absolute Gasteiger partial charge is 0.458 e. The Balaban J connectivity index is 1.15. The summed E-state index contributed by atoms with van der Waals surface area (Å²) in [5.41, 5.74) is 4.33. The van der Waals surface area contributed by atoms with Crippen molar-refractivity contribution in [3.8, 4) is 57.1 Å². The third-order valence-corrected chi connectivity index (χ3v) is 10.3. The van der Waals surface area contributed by atoms with Crippen LogP contribution in [-0.4, -0.2) is 19.1 Å². The molecule has 0 spiro atoms. The molecule has 0 aliphatic rings. The fourth-order valence-electron chi connectivity index (χ4n) is 7.46. The van der Waals surface area contributed by atoms with E-state index in [1.165, 1.54) is 0 Å². The molecule has 0 radical (unpaired) electrons. The summed E-state index contributed by atoms with van der Waals surface area (Å²) in [6.07, 6.45) is 6.74. The number of ether oxygens (including phenoxy) is 1. The Hall–Kier alpha value is -7.82. The van der Waals surface area contributed by atoms with Crippen molar-refractivity contribution in [3.63, 3.8) is 0 Å². The second kappa shape index (κ2) is 14.3. The van der Waals surface area contributed by atoms with Crippen LogP contribution in [0.5, 0.6) is 11.5 Å². The number of benzene rings is 6. The topological polar surface area (TPSA) is 72.5 Å². The molecule has 0 fully saturated rings. The average molecular weight is 773 g/mol. The van der Waals surface area contributed by atoms with E-state index < -0.39 is 60.4 Å². The summed E-state index contributed by atoms with van der Waals surface area (Å²) in [6.45, 7) is 6.43. The maximum absolute atomic E-state index is 9.80. The molecule has 7 nitrogen and oxygen atoms in total. The second-order valence-corrected chi connectivity index (χ2v) is 14.9. The van der Waals surface area contributed by atoms with Crippen molar-refractivity contribution in [2.75, 3.05) is 0 Å². The van der Waals surface area contributed by atoms with E-state index in [0.29, 0.717) is 39.7 Å².